The zero-order valence-corrected chi connectivity index (χ0v) is 19.4. The van der Waals surface area contributed by atoms with E-state index >= 15 is 0 Å². The predicted molar refractivity (Wildman–Crippen MR) is 133 cm³/mol. The van der Waals surface area contributed by atoms with Crippen LogP contribution in [0.3, 0.4) is 0 Å². The van der Waals surface area contributed by atoms with Gasteiger partial charge in [0.2, 0.25) is 5.91 Å². The molecule has 1 aromatic heterocycles. The number of aromatic nitrogens is 1. The molecule has 2 aliphatic rings. The molecule has 0 aliphatic carbocycles. The lowest BCUT2D eigenvalue weighted by atomic mass is 9.96. The molecule has 3 heterocycles. The van der Waals surface area contributed by atoms with Crippen LogP contribution in [0.1, 0.15) is 33.3 Å². The van der Waals surface area contributed by atoms with Crippen LogP contribution in [0.25, 0.3) is 10.9 Å². The number of benzene rings is 3. The number of rotatable bonds is 4. The molecule has 1 N–H and O–H groups in total. The maximum absolute atomic E-state index is 14.0. The SMILES string of the molecule is CN1c2ccccc2C(=O)N2CCc3c(n(CC(=O)NCc4ccccc4F)c4ccccc34)C21. The second kappa shape index (κ2) is 8.27. The highest BCUT2D eigenvalue weighted by atomic mass is 19.1. The number of fused-ring (bicyclic) bond motifs is 6. The highest BCUT2D eigenvalue weighted by Crippen LogP contribution is 2.44. The lowest BCUT2D eigenvalue weighted by Gasteiger charge is -2.46. The molecule has 0 saturated heterocycles. The molecule has 176 valence electrons. The minimum atomic E-state index is -0.340. The van der Waals surface area contributed by atoms with Crippen LogP contribution in [0.4, 0.5) is 10.1 Å². The number of nitrogens with zero attached hydrogens (tertiary/aromatic N) is 3. The molecule has 6 rings (SSSR count). The van der Waals surface area contributed by atoms with Crippen molar-refractivity contribution in [3.8, 4) is 0 Å². The minimum absolute atomic E-state index is 0.00941. The number of hydrogen-bond acceptors (Lipinski definition) is 3. The first kappa shape index (κ1) is 21.4. The first-order valence-corrected chi connectivity index (χ1v) is 11.8. The number of hydrogen-bond donors (Lipinski definition) is 1. The molecule has 0 saturated carbocycles. The summed E-state index contributed by atoms with van der Waals surface area (Å²) in [6.45, 7) is 0.815. The van der Waals surface area contributed by atoms with E-state index in [1.165, 1.54) is 11.6 Å². The van der Waals surface area contributed by atoms with Gasteiger partial charge in [-0.2, -0.15) is 0 Å². The van der Waals surface area contributed by atoms with Gasteiger partial charge in [0.25, 0.3) is 5.91 Å². The molecule has 2 amide bonds. The van der Waals surface area contributed by atoms with E-state index < -0.39 is 0 Å². The summed E-state index contributed by atoms with van der Waals surface area (Å²) in [5.41, 5.74) is 5.11. The molecule has 1 unspecified atom stereocenters. The van der Waals surface area contributed by atoms with Gasteiger partial charge in [-0.25, -0.2) is 4.39 Å². The Morgan fingerprint density at radius 3 is 2.63 bits per heavy atom. The normalized spacial score (nSPS) is 16.6. The fraction of sp³-hybridized carbons (Fsp3) is 0.214. The van der Waals surface area contributed by atoms with Crippen LogP contribution in [0.2, 0.25) is 0 Å². The topological polar surface area (TPSA) is 57.6 Å². The van der Waals surface area contributed by atoms with Crippen molar-refractivity contribution in [1.82, 2.24) is 14.8 Å². The van der Waals surface area contributed by atoms with Gasteiger partial charge in [0.1, 0.15) is 18.5 Å². The van der Waals surface area contributed by atoms with Crippen LogP contribution in [0, 0.1) is 5.82 Å². The van der Waals surface area contributed by atoms with E-state index in [9.17, 15) is 14.0 Å². The van der Waals surface area contributed by atoms with Gasteiger partial charge in [-0.05, 0) is 36.2 Å². The van der Waals surface area contributed by atoms with Gasteiger partial charge in [-0.3, -0.25) is 9.59 Å². The summed E-state index contributed by atoms with van der Waals surface area (Å²) in [7, 11) is 2.00. The van der Waals surface area contributed by atoms with Crippen molar-refractivity contribution in [2.75, 3.05) is 18.5 Å². The van der Waals surface area contributed by atoms with Crippen molar-refractivity contribution in [3.63, 3.8) is 0 Å². The maximum Gasteiger partial charge on any atom is 0.257 e. The van der Waals surface area contributed by atoms with E-state index in [1.807, 2.05) is 59.0 Å². The lowest BCUT2D eigenvalue weighted by Crippen LogP contribution is -2.51. The maximum atomic E-state index is 14.0. The molecule has 0 fully saturated rings. The molecular formula is C28H25FN4O2. The lowest BCUT2D eigenvalue weighted by molar-refractivity contribution is -0.121. The van der Waals surface area contributed by atoms with Gasteiger partial charge in [-0.15, -0.1) is 0 Å². The Kier molecular flexibility index (Phi) is 5.06. The van der Waals surface area contributed by atoms with Gasteiger partial charge in [-0.1, -0.05) is 48.5 Å². The van der Waals surface area contributed by atoms with E-state index in [4.69, 9.17) is 0 Å². The smallest absolute Gasteiger partial charge is 0.257 e. The summed E-state index contributed by atoms with van der Waals surface area (Å²) in [4.78, 5) is 30.5. The van der Waals surface area contributed by atoms with Crippen LogP contribution < -0.4 is 10.2 Å². The average Bonchev–Trinajstić information content (AvgIpc) is 3.20. The van der Waals surface area contributed by atoms with E-state index in [-0.39, 0.29) is 36.9 Å². The molecule has 0 radical (unpaired) electrons. The Bertz CT molecular complexity index is 1480. The van der Waals surface area contributed by atoms with Gasteiger partial charge in [0.15, 0.2) is 0 Å². The third-order valence-electron chi connectivity index (χ3n) is 7.14. The first-order chi connectivity index (χ1) is 17.0. The van der Waals surface area contributed by atoms with E-state index in [2.05, 4.69) is 16.3 Å². The Labute approximate surface area is 202 Å². The summed E-state index contributed by atoms with van der Waals surface area (Å²) in [5, 5.41) is 3.96. The Morgan fingerprint density at radius 1 is 1.03 bits per heavy atom. The van der Waals surface area contributed by atoms with E-state index in [0.29, 0.717) is 17.7 Å². The molecule has 0 bridgehead atoms. The van der Waals surface area contributed by atoms with Gasteiger partial charge in [0, 0.05) is 36.6 Å². The minimum Gasteiger partial charge on any atom is -0.350 e. The fourth-order valence-corrected chi connectivity index (χ4v) is 5.51. The third-order valence-corrected chi connectivity index (χ3v) is 7.14. The number of carbonyl (C=O) groups is 2. The second-order valence-corrected chi connectivity index (χ2v) is 9.09. The predicted octanol–water partition coefficient (Wildman–Crippen LogP) is 4.24. The van der Waals surface area contributed by atoms with Gasteiger partial charge >= 0.3 is 0 Å². The fourth-order valence-electron chi connectivity index (χ4n) is 5.51. The first-order valence-electron chi connectivity index (χ1n) is 11.8. The summed E-state index contributed by atoms with van der Waals surface area (Å²) < 4.78 is 16.1. The van der Waals surface area contributed by atoms with Crippen LogP contribution in [0.15, 0.2) is 72.8 Å². The van der Waals surface area contributed by atoms with Crippen molar-refractivity contribution in [3.05, 3.63) is 101 Å². The summed E-state index contributed by atoms with van der Waals surface area (Å²) in [6.07, 6.45) is 0.408. The van der Waals surface area contributed by atoms with Gasteiger partial charge < -0.3 is 19.7 Å². The molecule has 4 aromatic rings. The number of halogens is 1. The van der Waals surface area contributed by atoms with Crippen molar-refractivity contribution >= 4 is 28.4 Å². The molecule has 6 nitrogen and oxygen atoms in total. The van der Waals surface area contributed by atoms with E-state index in [1.54, 1.807) is 18.2 Å². The number of para-hydroxylation sites is 2. The highest BCUT2D eigenvalue weighted by Gasteiger charge is 2.42. The van der Waals surface area contributed by atoms with Crippen LogP contribution in [0.5, 0.6) is 0 Å². The highest BCUT2D eigenvalue weighted by molar-refractivity contribution is 6.02. The molecular weight excluding hydrogens is 443 g/mol. The summed E-state index contributed by atoms with van der Waals surface area (Å²) >= 11 is 0. The number of carbonyl (C=O) groups excluding carboxylic acids is 2. The molecule has 3 aromatic carbocycles. The second-order valence-electron chi connectivity index (χ2n) is 9.09. The van der Waals surface area contributed by atoms with Crippen LogP contribution in [-0.2, 0) is 24.3 Å². The standard InChI is InChI=1S/C28H25FN4O2/c1-31-23-12-6-4-10-21(23)28(35)32-15-14-20-19-9-3-7-13-24(19)33(26(20)27(31)32)17-25(34)30-16-18-8-2-5-11-22(18)29/h2-13,27H,14-17H2,1H3,(H,30,34). The average molecular weight is 469 g/mol. The Hall–Kier alpha value is -4.13. The quantitative estimate of drug-likeness (QED) is 0.487. The largest absolute Gasteiger partial charge is 0.350 e. The van der Waals surface area contributed by atoms with Crippen molar-refractivity contribution < 1.29 is 14.0 Å². The van der Waals surface area contributed by atoms with Gasteiger partial charge in [0.05, 0.1) is 16.9 Å². The number of anilines is 1. The van der Waals surface area contributed by atoms with Crippen LogP contribution in [-0.4, -0.2) is 34.9 Å². The third kappa shape index (κ3) is 3.38. The number of amides is 2. The summed E-state index contributed by atoms with van der Waals surface area (Å²) in [6, 6.07) is 22.2. The molecule has 7 heteroatoms. The molecule has 2 aliphatic heterocycles. The zero-order valence-electron chi connectivity index (χ0n) is 19.4. The Balaban J connectivity index is 1.40. The molecule has 35 heavy (non-hydrogen) atoms. The molecule has 1 atom stereocenters. The molecule has 0 spiro atoms. The van der Waals surface area contributed by atoms with E-state index in [0.717, 1.165) is 28.7 Å². The zero-order chi connectivity index (χ0) is 24.1. The van der Waals surface area contributed by atoms with Crippen molar-refractivity contribution in [1.29, 1.82) is 0 Å². The Morgan fingerprint density at radius 2 is 1.77 bits per heavy atom. The number of nitrogens with one attached hydrogen (secondary N) is 1. The van der Waals surface area contributed by atoms with Crippen molar-refractivity contribution in [2.24, 2.45) is 0 Å². The summed E-state index contributed by atoms with van der Waals surface area (Å²) in [5.74, 6) is -0.539. The van der Waals surface area contributed by atoms with Crippen LogP contribution >= 0.6 is 0 Å². The van der Waals surface area contributed by atoms with Crippen molar-refractivity contribution in [2.45, 2.75) is 25.7 Å². The monoisotopic (exact) mass is 468 g/mol.